The van der Waals surface area contributed by atoms with Gasteiger partial charge in [-0.05, 0) is 55.3 Å². The summed E-state index contributed by atoms with van der Waals surface area (Å²) in [5.74, 6) is 0.547. The molecule has 2 fully saturated rings. The van der Waals surface area contributed by atoms with Gasteiger partial charge in [0.05, 0.1) is 11.7 Å². The molecule has 0 amide bonds. The van der Waals surface area contributed by atoms with E-state index in [9.17, 15) is 9.90 Å². The first-order valence-corrected chi connectivity index (χ1v) is 8.45. The lowest BCUT2D eigenvalue weighted by Gasteiger charge is -2.28. The summed E-state index contributed by atoms with van der Waals surface area (Å²) in [6.45, 7) is 4.48. The van der Waals surface area contributed by atoms with Gasteiger partial charge in [-0.1, -0.05) is 12.1 Å². The van der Waals surface area contributed by atoms with Gasteiger partial charge in [-0.3, -0.25) is 0 Å². The molecule has 1 aromatic rings. The lowest BCUT2D eigenvalue weighted by molar-refractivity contribution is 0.0464. The third-order valence-corrected chi connectivity index (χ3v) is 5.21. The number of rotatable bonds is 5. The Balaban J connectivity index is 1.52. The minimum absolute atomic E-state index is 0.252. The van der Waals surface area contributed by atoms with Crippen molar-refractivity contribution in [2.45, 2.75) is 25.4 Å². The fraction of sp³-hybridized carbons (Fsp3) is 0.611. The summed E-state index contributed by atoms with van der Waals surface area (Å²) in [7, 11) is 0. The maximum atomic E-state index is 10.9. The summed E-state index contributed by atoms with van der Waals surface area (Å²) in [5.41, 5.74) is 1.03. The molecule has 5 heteroatoms. The molecule has 2 heterocycles. The molecule has 0 aliphatic carbocycles. The molecule has 1 aromatic carbocycles. The zero-order valence-electron chi connectivity index (χ0n) is 13.4. The van der Waals surface area contributed by atoms with Crippen molar-refractivity contribution in [3.8, 4) is 0 Å². The Morgan fingerprint density at radius 2 is 1.87 bits per heavy atom. The van der Waals surface area contributed by atoms with Gasteiger partial charge in [0.1, 0.15) is 0 Å². The van der Waals surface area contributed by atoms with Gasteiger partial charge < -0.3 is 19.8 Å². The van der Waals surface area contributed by atoms with Gasteiger partial charge in [0.25, 0.3) is 0 Å². The van der Waals surface area contributed by atoms with E-state index in [1.165, 1.54) is 6.42 Å². The standard InChI is InChI=1S/C18H25NO4/c20-17(14-1-3-15(4-2-14)18(21)22)12-19-8-5-16(11-19)13-6-9-23-10-7-13/h1-4,13,16-17,20H,5-12H2,(H,21,22). The number of β-amino-alcohol motifs (C(OH)–C–C–N with tert-alkyl or cyclic N) is 1. The molecule has 2 unspecified atom stereocenters. The van der Waals surface area contributed by atoms with Crippen LogP contribution in [0.1, 0.15) is 41.3 Å². The van der Waals surface area contributed by atoms with Gasteiger partial charge in [0.2, 0.25) is 0 Å². The highest BCUT2D eigenvalue weighted by molar-refractivity contribution is 5.87. The van der Waals surface area contributed by atoms with Gasteiger partial charge in [0.15, 0.2) is 0 Å². The molecule has 3 rings (SSSR count). The normalized spacial score (nSPS) is 24.7. The molecule has 0 radical (unpaired) electrons. The smallest absolute Gasteiger partial charge is 0.335 e. The number of carbonyl (C=O) groups is 1. The zero-order valence-corrected chi connectivity index (χ0v) is 13.4. The summed E-state index contributed by atoms with van der Waals surface area (Å²) in [4.78, 5) is 13.2. The minimum Gasteiger partial charge on any atom is -0.478 e. The van der Waals surface area contributed by atoms with Crippen LogP contribution in [0, 0.1) is 11.8 Å². The number of nitrogens with zero attached hydrogens (tertiary/aromatic N) is 1. The van der Waals surface area contributed by atoms with Crippen molar-refractivity contribution in [3.63, 3.8) is 0 Å². The Kier molecular flexibility index (Phi) is 5.30. The van der Waals surface area contributed by atoms with Crippen molar-refractivity contribution < 1.29 is 19.7 Å². The van der Waals surface area contributed by atoms with E-state index < -0.39 is 12.1 Å². The second-order valence-corrected chi connectivity index (χ2v) is 6.70. The van der Waals surface area contributed by atoms with Crippen molar-refractivity contribution in [3.05, 3.63) is 35.4 Å². The van der Waals surface area contributed by atoms with E-state index in [4.69, 9.17) is 9.84 Å². The predicted octanol–water partition coefficient (Wildman–Crippen LogP) is 2.17. The van der Waals surface area contributed by atoms with E-state index in [0.717, 1.165) is 56.5 Å². The SMILES string of the molecule is O=C(O)c1ccc(C(O)CN2CCC(C3CCOCC3)C2)cc1. The molecule has 0 spiro atoms. The Morgan fingerprint density at radius 1 is 1.17 bits per heavy atom. The van der Waals surface area contributed by atoms with E-state index in [1.807, 2.05) is 0 Å². The Labute approximate surface area is 136 Å². The number of hydrogen-bond acceptors (Lipinski definition) is 4. The van der Waals surface area contributed by atoms with Crippen LogP contribution in [-0.2, 0) is 4.74 Å². The molecule has 2 atom stereocenters. The van der Waals surface area contributed by atoms with Crippen molar-refractivity contribution >= 4 is 5.97 Å². The summed E-state index contributed by atoms with van der Waals surface area (Å²) < 4.78 is 5.44. The van der Waals surface area contributed by atoms with Crippen molar-refractivity contribution in [1.29, 1.82) is 0 Å². The molecular formula is C18H25NO4. The third-order valence-electron chi connectivity index (χ3n) is 5.21. The van der Waals surface area contributed by atoms with Gasteiger partial charge in [-0.25, -0.2) is 4.79 Å². The van der Waals surface area contributed by atoms with Crippen molar-refractivity contribution in [2.75, 3.05) is 32.8 Å². The molecule has 2 aliphatic heterocycles. The highest BCUT2D eigenvalue weighted by atomic mass is 16.5. The molecule has 0 bridgehead atoms. The second kappa shape index (κ2) is 7.43. The van der Waals surface area contributed by atoms with E-state index >= 15 is 0 Å². The number of ether oxygens (including phenoxy) is 1. The highest BCUT2D eigenvalue weighted by Crippen LogP contribution is 2.31. The number of benzene rings is 1. The van der Waals surface area contributed by atoms with E-state index in [-0.39, 0.29) is 5.56 Å². The Bertz CT molecular complexity index is 524. The summed E-state index contributed by atoms with van der Waals surface area (Å²) >= 11 is 0. The summed E-state index contributed by atoms with van der Waals surface area (Å²) in [6, 6.07) is 6.52. The number of likely N-dealkylation sites (tertiary alicyclic amines) is 1. The second-order valence-electron chi connectivity index (χ2n) is 6.70. The maximum absolute atomic E-state index is 10.9. The molecule has 5 nitrogen and oxygen atoms in total. The molecular weight excluding hydrogens is 294 g/mol. The average Bonchev–Trinajstić information content (AvgIpc) is 3.04. The monoisotopic (exact) mass is 319 g/mol. The number of aliphatic hydroxyl groups excluding tert-OH is 1. The van der Waals surface area contributed by atoms with Crippen LogP contribution < -0.4 is 0 Å². The van der Waals surface area contributed by atoms with Gasteiger partial charge in [0, 0.05) is 26.3 Å². The quantitative estimate of drug-likeness (QED) is 0.870. The van der Waals surface area contributed by atoms with Crippen LogP contribution in [0.4, 0.5) is 0 Å². The molecule has 2 N–H and O–H groups in total. The van der Waals surface area contributed by atoms with E-state index in [2.05, 4.69) is 4.90 Å². The van der Waals surface area contributed by atoms with Crippen LogP contribution >= 0.6 is 0 Å². The Morgan fingerprint density at radius 3 is 2.52 bits per heavy atom. The average molecular weight is 319 g/mol. The molecule has 2 aliphatic rings. The van der Waals surface area contributed by atoms with E-state index in [0.29, 0.717) is 6.54 Å². The van der Waals surface area contributed by atoms with Crippen LogP contribution in [0.25, 0.3) is 0 Å². The molecule has 126 valence electrons. The van der Waals surface area contributed by atoms with Crippen molar-refractivity contribution in [1.82, 2.24) is 4.90 Å². The maximum Gasteiger partial charge on any atom is 0.335 e. The fourth-order valence-corrected chi connectivity index (χ4v) is 3.80. The minimum atomic E-state index is -0.940. The lowest BCUT2D eigenvalue weighted by atomic mass is 9.85. The van der Waals surface area contributed by atoms with Gasteiger partial charge >= 0.3 is 5.97 Å². The molecule has 0 aromatic heterocycles. The first-order valence-electron chi connectivity index (χ1n) is 8.45. The van der Waals surface area contributed by atoms with Crippen molar-refractivity contribution in [2.24, 2.45) is 11.8 Å². The first kappa shape index (κ1) is 16.4. The van der Waals surface area contributed by atoms with Crippen LogP contribution in [0.15, 0.2) is 24.3 Å². The molecule has 23 heavy (non-hydrogen) atoms. The number of hydrogen-bond donors (Lipinski definition) is 2. The largest absolute Gasteiger partial charge is 0.478 e. The Hall–Kier alpha value is -1.43. The predicted molar refractivity (Wildman–Crippen MR) is 86.5 cm³/mol. The van der Waals surface area contributed by atoms with Crippen LogP contribution in [-0.4, -0.2) is 53.9 Å². The summed E-state index contributed by atoms with van der Waals surface area (Å²) in [5, 5.41) is 19.3. The lowest BCUT2D eigenvalue weighted by Crippen LogP contribution is -2.29. The van der Waals surface area contributed by atoms with Gasteiger partial charge in [-0.15, -0.1) is 0 Å². The number of carboxylic acids is 1. The number of carboxylic acid groups (broad SMARTS) is 1. The van der Waals surface area contributed by atoms with Gasteiger partial charge in [-0.2, -0.15) is 0 Å². The van der Waals surface area contributed by atoms with Crippen LogP contribution in [0.2, 0.25) is 0 Å². The number of aliphatic hydroxyl groups is 1. The molecule has 2 saturated heterocycles. The fourth-order valence-electron chi connectivity index (χ4n) is 3.80. The first-order chi connectivity index (χ1) is 11.1. The van der Waals surface area contributed by atoms with Crippen LogP contribution in [0.3, 0.4) is 0 Å². The van der Waals surface area contributed by atoms with Crippen LogP contribution in [0.5, 0.6) is 0 Å². The third kappa shape index (κ3) is 4.10. The molecule has 0 saturated carbocycles. The van der Waals surface area contributed by atoms with E-state index in [1.54, 1.807) is 24.3 Å². The number of aromatic carboxylic acids is 1. The topological polar surface area (TPSA) is 70.0 Å². The summed E-state index contributed by atoms with van der Waals surface area (Å²) in [6.07, 6.45) is 2.97. The zero-order chi connectivity index (χ0) is 16.2. The highest BCUT2D eigenvalue weighted by Gasteiger charge is 2.31.